The van der Waals surface area contributed by atoms with Crippen LogP contribution in [0.3, 0.4) is 0 Å². The summed E-state index contributed by atoms with van der Waals surface area (Å²) < 4.78 is 0. The average Bonchev–Trinajstić information content (AvgIpc) is 2.46. The molecule has 0 heterocycles. The van der Waals surface area contributed by atoms with E-state index in [0.29, 0.717) is 0 Å². The molecule has 112 valence electrons. The first-order valence-electron chi connectivity index (χ1n) is 5.94. The predicted molar refractivity (Wildman–Crippen MR) is 77.8 cm³/mol. The summed E-state index contributed by atoms with van der Waals surface area (Å²) in [6, 6.07) is 7.41. The van der Waals surface area contributed by atoms with Crippen LogP contribution in [-0.2, 0) is 0 Å². The highest BCUT2D eigenvalue weighted by Crippen LogP contribution is 2.30. The SMILES string of the molecule is O=C(O)c1cc(C(=O)O)cc(-c2cc(C(=O)O)ccc2Cl)c1. The average molecular weight is 321 g/mol. The predicted octanol–water partition coefficient (Wildman–Crippen LogP) is 3.10. The molecular weight excluding hydrogens is 312 g/mol. The number of benzene rings is 2. The van der Waals surface area contributed by atoms with Gasteiger partial charge in [0.1, 0.15) is 0 Å². The second kappa shape index (κ2) is 5.87. The van der Waals surface area contributed by atoms with Crippen molar-refractivity contribution in [1.29, 1.82) is 0 Å². The van der Waals surface area contributed by atoms with E-state index in [1.54, 1.807) is 0 Å². The summed E-state index contributed by atoms with van der Waals surface area (Å²) in [5.41, 5.74) is -0.0482. The molecule has 0 amide bonds. The van der Waals surface area contributed by atoms with Gasteiger partial charge < -0.3 is 15.3 Å². The molecule has 0 bridgehead atoms. The van der Waals surface area contributed by atoms with Gasteiger partial charge in [-0.3, -0.25) is 0 Å². The largest absolute Gasteiger partial charge is 0.478 e. The van der Waals surface area contributed by atoms with E-state index >= 15 is 0 Å². The van der Waals surface area contributed by atoms with E-state index in [1.165, 1.54) is 30.3 Å². The van der Waals surface area contributed by atoms with Crippen LogP contribution in [-0.4, -0.2) is 33.2 Å². The topological polar surface area (TPSA) is 112 Å². The van der Waals surface area contributed by atoms with E-state index in [9.17, 15) is 14.4 Å². The van der Waals surface area contributed by atoms with Gasteiger partial charge in [0, 0.05) is 10.6 Å². The molecular formula is C15H9ClO6. The molecule has 22 heavy (non-hydrogen) atoms. The minimum Gasteiger partial charge on any atom is -0.478 e. The molecule has 6 nitrogen and oxygen atoms in total. The molecule has 0 aliphatic rings. The van der Waals surface area contributed by atoms with Gasteiger partial charge in [-0.25, -0.2) is 14.4 Å². The first-order chi connectivity index (χ1) is 10.3. The maximum absolute atomic E-state index is 11.1. The molecule has 3 N–H and O–H groups in total. The number of carbonyl (C=O) groups is 3. The smallest absolute Gasteiger partial charge is 0.335 e. The fourth-order valence-corrected chi connectivity index (χ4v) is 2.14. The number of carboxylic acid groups (broad SMARTS) is 3. The molecule has 0 saturated carbocycles. The van der Waals surface area contributed by atoms with Gasteiger partial charge in [0.15, 0.2) is 0 Å². The Bertz CT molecular complexity index is 764. The Morgan fingerprint density at radius 2 is 1.23 bits per heavy atom. The molecule has 0 radical (unpaired) electrons. The molecule has 2 rings (SSSR count). The number of halogens is 1. The first-order valence-corrected chi connectivity index (χ1v) is 6.32. The van der Waals surface area contributed by atoms with Crippen molar-refractivity contribution in [2.24, 2.45) is 0 Å². The lowest BCUT2D eigenvalue weighted by molar-refractivity contribution is 0.0682. The van der Waals surface area contributed by atoms with Crippen molar-refractivity contribution in [2.45, 2.75) is 0 Å². The van der Waals surface area contributed by atoms with Crippen LogP contribution >= 0.6 is 11.6 Å². The van der Waals surface area contributed by atoms with Crippen LogP contribution in [0.4, 0.5) is 0 Å². The zero-order chi connectivity index (χ0) is 16.4. The van der Waals surface area contributed by atoms with E-state index in [1.807, 2.05) is 0 Å². The normalized spacial score (nSPS) is 10.2. The van der Waals surface area contributed by atoms with Gasteiger partial charge in [-0.15, -0.1) is 0 Å². The van der Waals surface area contributed by atoms with Gasteiger partial charge >= 0.3 is 17.9 Å². The second-order valence-electron chi connectivity index (χ2n) is 4.41. The highest BCUT2D eigenvalue weighted by molar-refractivity contribution is 6.33. The van der Waals surface area contributed by atoms with Crippen LogP contribution in [0.15, 0.2) is 36.4 Å². The lowest BCUT2D eigenvalue weighted by Gasteiger charge is -2.09. The summed E-state index contributed by atoms with van der Waals surface area (Å²) in [5, 5.41) is 27.3. The standard InChI is InChI=1S/C15H9ClO6/c16-12-2-1-7(13(17)18)6-11(12)8-3-9(14(19)20)5-10(4-8)15(21)22/h1-6H,(H,17,18)(H,19,20)(H,21,22). The summed E-state index contributed by atoms with van der Waals surface area (Å²) in [6.45, 7) is 0. The molecule has 0 unspecified atom stereocenters. The molecule has 0 fully saturated rings. The van der Waals surface area contributed by atoms with Crippen LogP contribution < -0.4 is 0 Å². The first kappa shape index (κ1) is 15.5. The van der Waals surface area contributed by atoms with Crippen molar-refractivity contribution in [1.82, 2.24) is 0 Å². The molecule has 2 aromatic rings. The van der Waals surface area contributed by atoms with Gasteiger partial charge in [-0.2, -0.15) is 0 Å². The van der Waals surface area contributed by atoms with Crippen molar-refractivity contribution in [3.8, 4) is 11.1 Å². The summed E-state index contributed by atoms with van der Waals surface area (Å²) >= 11 is 6.01. The lowest BCUT2D eigenvalue weighted by Crippen LogP contribution is -2.03. The Morgan fingerprint density at radius 1 is 0.727 bits per heavy atom. The van der Waals surface area contributed by atoms with Gasteiger partial charge in [-0.05, 0) is 42.0 Å². The number of hydrogen-bond donors (Lipinski definition) is 3. The van der Waals surface area contributed by atoms with Crippen molar-refractivity contribution in [3.05, 3.63) is 58.1 Å². The second-order valence-corrected chi connectivity index (χ2v) is 4.82. The Balaban J connectivity index is 2.71. The third-order valence-electron chi connectivity index (χ3n) is 2.95. The summed E-state index contributed by atoms with van der Waals surface area (Å²) in [6.07, 6.45) is 0. The zero-order valence-corrected chi connectivity index (χ0v) is 11.7. The van der Waals surface area contributed by atoms with Gasteiger partial charge in [-0.1, -0.05) is 11.6 Å². The van der Waals surface area contributed by atoms with Crippen molar-refractivity contribution in [3.63, 3.8) is 0 Å². The molecule has 0 aliphatic carbocycles. The van der Waals surface area contributed by atoms with E-state index in [2.05, 4.69) is 0 Å². The quantitative estimate of drug-likeness (QED) is 0.798. The molecule has 0 saturated heterocycles. The summed E-state index contributed by atoms with van der Waals surface area (Å²) in [4.78, 5) is 33.2. The highest BCUT2D eigenvalue weighted by Gasteiger charge is 2.15. The zero-order valence-electron chi connectivity index (χ0n) is 10.9. The molecule has 2 aromatic carbocycles. The molecule has 7 heteroatoms. The number of carboxylic acids is 3. The molecule has 0 aromatic heterocycles. The number of aromatic carboxylic acids is 3. The van der Waals surface area contributed by atoms with Crippen LogP contribution in [0.5, 0.6) is 0 Å². The van der Waals surface area contributed by atoms with Crippen LogP contribution in [0.1, 0.15) is 31.1 Å². The van der Waals surface area contributed by atoms with Gasteiger partial charge in [0.05, 0.1) is 16.7 Å². The molecule has 0 spiro atoms. The van der Waals surface area contributed by atoms with Gasteiger partial charge in [0.25, 0.3) is 0 Å². The summed E-state index contributed by atoms with van der Waals surface area (Å²) in [7, 11) is 0. The lowest BCUT2D eigenvalue weighted by atomic mass is 9.98. The Kier molecular flexibility index (Phi) is 4.14. The van der Waals surface area contributed by atoms with Crippen LogP contribution in [0.2, 0.25) is 5.02 Å². The Labute approximate surface area is 129 Å². The van der Waals surface area contributed by atoms with E-state index < -0.39 is 17.9 Å². The van der Waals surface area contributed by atoms with E-state index in [4.69, 9.17) is 26.9 Å². The van der Waals surface area contributed by atoms with Crippen LogP contribution in [0, 0.1) is 0 Å². The maximum Gasteiger partial charge on any atom is 0.335 e. The minimum absolute atomic E-state index is 0.0444. The molecule has 0 atom stereocenters. The summed E-state index contributed by atoms with van der Waals surface area (Å²) in [5.74, 6) is -3.77. The Morgan fingerprint density at radius 3 is 1.68 bits per heavy atom. The minimum atomic E-state index is -1.30. The number of rotatable bonds is 4. The van der Waals surface area contributed by atoms with E-state index in [-0.39, 0.29) is 32.8 Å². The van der Waals surface area contributed by atoms with Gasteiger partial charge in [0.2, 0.25) is 0 Å². The van der Waals surface area contributed by atoms with Crippen molar-refractivity contribution >= 4 is 29.5 Å². The van der Waals surface area contributed by atoms with Crippen LogP contribution in [0.25, 0.3) is 11.1 Å². The monoisotopic (exact) mass is 320 g/mol. The fraction of sp³-hybridized carbons (Fsp3) is 0. The third-order valence-corrected chi connectivity index (χ3v) is 3.28. The van der Waals surface area contributed by atoms with Crippen molar-refractivity contribution in [2.75, 3.05) is 0 Å². The third kappa shape index (κ3) is 3.07. The maximum atomic E-state index is 11.1. The van der Waals surface area contributed by atoms with E-state index in [0.717, 1.165) is 6.07 Å². The fourth-order valence-electron chi connectivity index (χ4n) is 1.91. The highest BCUT2D eigenvalue weighted by atomic mass is 35.5. The molecule has 0 aliphatic heterocycles. The Hall–Kier alpha value is -2.86. The van der Waals surface area contributed by atoms with Crippen molar-refractivity contribution < 1.29 is 29.7 Å². The number of hydrogen-bond acceptors (Lipinski definition) is 3.